The fourth-order valence-corrected chi connectivity index (χ4v) is 7.39. The molecule has 0 saturated carbocycles. The summed E-state index contributed by atoms with van der Waals surface area (Å²) in [5.74, 6) is 0. The molecule has 2 nitrogen and oxygen atoms in total. The summed E-state index contributed by atoms with van der Waals surface area (Å²) >= 11 is 0. The minimum atomic E-state index is -0.194. The van der Waals surface area contributed by atoms with E-state index in [4.69, 9.17) is 8.39 Å². The Morgan fingerprint density at radius 3 is 1.21 bits per heavy atom. The van der Waals surface area contributed by atoms with Gasteiger partial charge < -0.3 is 8.39 Å². The van der Waals surface area contributed by atoms with Crippen molar-refractivity contribution in [2.75, 3.05) is 0 Å². The van der Waals surface area contributed by atoms with Crippen LogP contribution >= 0.6 is 8.67 Å². The van der Waals surface area contributed by atoms with E-state index in [2.05, 4.69) is 146 Å². The van der Waals surface area contributed by atoms with Crippen molar-refractivity contribution in [2.24, 2.45) is 0 Å². The first-order valence-corrected chi connectivity index (χ1v) is 15.3. The molecule has 0 amide bonds. The Labute approximate surface area is 249 Å². The molecule has 0 unspecified atom stereocenters. The van der Waals surface area contributed by atoms with E-state index in [-0.39, 0.29) is 8.67 Å². The van der Waals surface area contributed by atoms with Gasteiger partial charge in [-0.05, 0) is 66.7 Å². The van der Waals surface area contributed by atoms with Crippen LogP contribution in [0.25, 0.3) is 87.3 Å². The molecular formula is C40H25O2P. The molecule has 202 valence electrons. The predicted molar refractivity (Wildman–Crippen MR) is 184 cm³/mol. The second kappa shape index (κ2) is 9.63. The van der Waals surface area contributed by atoms with Gasteiger partial charge in [-0.25, -0.2) is 0 Å². The summed E-state index contributed by atoms with van der Waals surface area (Å²) in [5, 5.41) is 11.4. The molecule has 0 saturated heterocycles. The van der Waals surface area contributed by atoms with Crippen LogP contribution in [0.5, 0.6) is 0 Å². The molecular weight excluding hydrogens is 543 g/mol. The average Bonchev–Trinajstić information content (AvgIpc) is 3.28. The molecule has 0 aliphatic carbocycles. The second-order valence-corrected chi connectivity index (χ2v) is 11.6. The van der Waals surface area contributed by atoms with Crippen LogP contribution in [-0.2, 0) is 0 Å². The fourth-order valence-electron chi connectivity index (χ4n) is 6.77. The molecule has 43 heavy (non-hydrogen) atoms. The maximum Gasteiger partial charge on any atom is 0.201 e. The van der Waals surface area contributed by atoms with E-state index in [1.165, 1.54) is 21.5 Å². The summed E-state index contributed by atoms with van der Waals surface area (Å²) in [6.07, 6.45) is 0. The van der Waals surface area contributed by atoms with Gasteiger partial charge in [-0.15, -0.1) is 0 Å². The molecule has 0 bridgehead atoms. The average molecular weight is 569 g/mol. The van der Waals surface area contributed by atoms with E-state index in [9.17, 15) is 0 Å². The quantitative estimate of drug-likeness (QED) is 0.194. The Kier molecular flexibility index (Phi) is 5.44. The third kappa shape index (κ3) is 3.74. The first-order chi connectivity index (χ1) is 21.3. The van der Waals surface area contributed by atoms with E-state index in [1.807, 2.05) is 0 Å². The second-order valence-electron chi connectivity index (χ2n) is 11.0. The highest BCUT2D eigenvalue weighted by atomic mass is 31.1. The molecule has 1 aromatic heterocycles. The summed E-state index contributed by atoms with van der Waals surface area (Å²) in [6.45, 7) is 0. The predicted octanol–water partition coefficient (Wildman–Crippen LogP) is 12.3. The van der Waals surface area contributed by atoms with Crippen molar-refractivity contribution in [3.05, 3.63) is 146 Å². The lowest BCUT2D eigenvalue weighted by atomic mass is 9.88. The highest BCUT2D eigenvalue weighted by molar-refractivity contribution is 7.15. The third-order valence-electron chi connectivity index (χ3n) is 8.68. The van der Waals surface area contributed by atoms with Crippen LogP contribution in [0.2, 0.25) is 0 Å². The number of benzene rings is 8. The van der Waals surface area contributed by atoms with Gasteiger partial charge in [-0.2, -0.15) is 0 Å². The molecule has 0 aliphatic heterocycles. The molecule has 0 N–H and O–H groups in total. The van der Waals surface area contributed by atoms with Crippen LogP contribution in [0.15, 0.2) is 154 Å². The number of hydrogen-bond acceptors (Lipinski definition) is 2. The van der Waals surface area contributed by atoms with Gasteiger partial charge in [-0.1, -0.05) is 133 Å². The third-order valence-corrected chi connectivity index (χ3v) is 9.25. The SMILES string of the molecule is c1ccc(-c2cc3ccc4ccccc4c3c3o[pH]oc4c(c(-c5ccccc5)cc5ccc6ccccc6c54)c23)cc1. The lowest BCUT2D eigenvalue weighted by Crippen LogP contribution is -1.89. The van der Waals surface area contributed by atoms with Crippen LogP contribution in [0.1, 0.15) is 0 Å². The van der Waals surface area contributed by atoms with Crippen molar-refractivity contribution in [2.45, 2.75) is 0 Å². The van der Waals surface area contributed by atoms with Crippen LogP contribution in [0.3, 0.4) is 0 Å². The lowest BCUT2D eigenvalue weighted by molar-refractivity contribution is 0.667. The minimum Gasteiger partial charge on any atom is -0.420 e. The van der Waals surface area contributed by atoms with E-state index in [1.54, 1.807) is 0 Å². The Hall–Kier alpha value is -5.30. The summed E-state index contributed by atoms with van der Waals surface area (Å²) in [7, 11) is -0.194. The van der Waals surface area contributed by atoms with Crippen LogP contribution < -0.4 is 0 Å². The molecule has 0 radical (unpaired) electrons. The minimum absolute atomic E-state index is 0.194. The van der Waals surface area contributed by atoms with E-state index < -0.39 is 0 Å². The zero-order chi connectivity index (χ0) is 28.3. The normalized spacial score (nSPS) is 11.7. The van der Waals surface area contributed by atoms with Gasteiger partial charge in [0.1, 0.15) is 0 Å². The summed E-state index contributed by atoms with van der Waals surface area (Å²) in [5.41, 5.74) is 6.30. The molecule has 0 fully saturated rings. The highest BCUT2D eigenvalue weighted by Gasteiger charge is 2.21. The van der Waals surface area contributed by atoms with Gasteiger partial charge in [0.15, 0.2) is 11.2 Å². The zero-order valence-electron chi connectivity index (χ0n) is 23.2. The monoisotopic (exact) mass is 568 g/mol. The van der Waals surface area contributed by atoms with Gasteiger partial charge in [-0.3, -0.25) is 0 Å². The van der Waals surface area contributed by atoms with E-state index in [0.717, 1.165) is 65.7 Å². The van der Waals surface area contributed by atoms with Crippen LogP contribution in [0, 0.1) is 0 Å². The largest absolute Gasteiger partial charge is 0.420 e. The highest BCUT2D eigenvalue weighted by Crippen LogP contribution is 2.47. The Morgan fingerprint density at radius 1 is 0.349 bits per heavy atom. The van der Waals surface area contributed by atoms with E-state index >= 15 is 0 Å². The summed E-state index contributed by atoms with van der Waals surface area (Å²) in [4.78, 5) is 0. The van der Waals surface area contributed by atoms with Gasteiger partial charge in [0.25, 0.3) is 0 Å². The first kappa shape index (κ1) is 24.3. The van der Waals surface area contributed by atoms with Gasteiger partial charge in [0.2, 0.25) is 8.67 Å². The van der Waals surface area contributed by atoms with Crippen LogP contribution in [-0.4, -0.2) is 0 Å². The van der Waals surface area contributed by atoms with Crippen molar-refractivity contribution in [3.63, 3.8) is 0 Å². The molecule has 0 atom stereocenters. The van der Waals surface area contributed by atoms with Gasteiger partial charge in [0, 0.05) is 21.5 Å². The molecule has 0 aliphatic rings. The standard InChI is InChI=1S/C40H25O2P/c1-3-11-25(12-4-1)33-23-29-21-19-27-15-7-9-17-31(27)35(29)39-37(33)38-34(26-13-5-2-6-14-26)24-30-22-20-28-16-8-10-18-32(28)36(30)40(38)42-43-41-39/h1-24,43H. The van der Waals surface area contributed by atoms with Crippen molar-refractivity contribution in [1.29, 1.82) is 0 Å². The van der Waals surface area contributed by atoms with Gasteiger partial charge in [0.05, 0.1) is 0 Å². The maximum absolute atomic E-state index is 6.77. The summed E-state index contributed by atoms with van der Waals surface area (Å²) < 4.78 is 13.5. The maximum atomic E-state index is 6.77. The van der Waals surface area contributed by atoms with Crippen molar-refractivity contribution in [3.8, 4) is 22.3 Å². The fraction of sp³-hybridized carbons (Fsp3) is 0. The molecule has 9 aromatic rings. The number of rotatable bonds is 2. The van der Waals surface area contributed by atoms with Crippen molar-refractivity contribution < 1.29 is 8.39 Å². The number of fused-ring (bicyclic) bond motifs is 11. The zero-order valence-corrected chi connectivity index (χ0v) is 24.2. The molecule has 0 spiro atoms. The van der Waals surface area contributed by atoms with Crippen molar-refractivity contribution >= 4 is 73.7 Å². The molecule has 9 rings (SSSR count). The van der Waals surface area contributed by atoms with Gasteiger partial charge >= 0.3 is 0 Å². The Morgan fingerprint density at radius 2 is 0.744 bits per heavy atom. The molecule has 3 heteroatoms. The topological polar surface area (TPSA) is 26.3 Å². The first-order valence-electron chi connectivity index (χ1n) is 14.5. The Bertz CT molecular complexity index is 2370. The van der Waals surface area contributed by atoms with Crippen LogP contribution in [0.4, 0.5) is 0 Å². The van der Waals surface area contributed by atoms with E-state index in [0.29, 0.717) is 0 Å². The lowest BCUT2D eigenvalue weighted by Gasteiger charge is -2.15. The molecule has 1 heterocycles. The number of hydrogen-bond donors (Lipinski definition) is 0. The van der Waals surface area contributed by atoms with Crippen molar-refractivity contribution in [1.82, 2.24) is 0 Å². The molecule has 8 aromatic carbocycles. The summed E-state index contributed by atoms with van der Waals surface area (Å²) in [6, 6.07) is 52.0. The Balaban J connectivity index is 1.64. The smallest absolute Gasteiger partial charge is 0.201 e.